The van der Waals surface area contributed by atoms with Crippen LogP contribution in [0.3, 0.4) is 0 Å². The lowest BCUT2D eigenvalue weighted by Crippen LogP contribution is -2.60. The number of nitrogens with zero attached hydrogens (tertiary/aromatic N) is 5. The van der Waals surface area contributed by atoms with Crippen molar-refractivity contribution in [3.05, 3.63) is 46.3 Å². The summed E-state index contributed by atoms with van der Waals surface area (Å²) in [5, 5.41) is 14.6. The van der Waals surface area contributed by atoms with Crippen LogP contribution in [0.5, 0.6) is 0 Å². The summed E-state index contributed by atoms with van der Waals surface area (Å²) in [6, 6.07) is 6.64. The molecule has 3 saturated heterocycles. The monoisotopic (exact) mass is 517 g/mol. The number of amides is 2. The van der Waals surface area contributed by atoms with Crippen molar-refractivity contribution in [2.45, 2.75) is 71.4 Å². The fourth-order valence-electron chi connectivity index (χ4n) is 7.81. The molecule has 2 saturated carbocycles. The van der Waals surface area contributed by atoms with Crippen molar-refractivity contribution in [2.24, 2.45) is 10.8 Å². The van der Waals surface area contributed by atoms with Crippen molar-refractivity contribution in [1.29, 1.82) is 0 Å². The molecule has 1 aromatic heterocycles. The van der Waals surface area contributed by atoms with Crippen LogP contribution in [0.1, 0.15) is 71.4 Å². The second-order valence-corrected chi connectivity index (χ2v) is 13.0. The first-order chi connectivity index (χ1) is 18.2. The summed E-state index contributed by atoms with van der Waals surface area (Å²) >= 11 is 0. The zero-order valence-corrected chi connectivity index (χ0v) is 22.9. The van der Waals surface area contributed by atoms with Crippen molar-refractivity contribution in [3.63, 3.8) is 0 Å². The van der Waals surface area contributed by atoms with E-state index >= 15 is 0 Å². The minimum atomic E-state index is 0.0296. The maximum absolute atomic E-state index is 13.8. The predicted octanol–water partition coefficient (Wildman–Crippen LogP) is 2.89. The van der Waals surface area contributed by atoms with Gasteiger partial charge in [-0.1, -0.05) is 19.1 Å². The molecule has 0 radical (unpaired) electrons. The summed E-state index contributed by atoms with van der Waals surface area (Å²) in [7, 11) is 0. The number of carbonyl (C=O) groups excluding carboxylic acids is 2. The molecule has 2 bridgehead atoms. The lowest BCUT2D eigenvalue weighted by atomic mass is 9.60. The van der Waals surface area contributed by atoms with E-state index in [2.05, 4.69) is 43.9 Å². The smallest absolute Gasteiger partial charge is 0.274 e. The number of hydrogen-bond donors (Lipinski definition) is 1. The zero-order valence-electron chi connectivity index (χ0n) is 22.9. The molecule has 6 aliphatic rings. The molecule has 8 nitrogen and oxygen atoms in total. The molecule has 1 N–H and O–H groups in total. The molecule has 0 spiro atoms. The maximum Gasteiger partial charge on any atom is 0.274 e. The van der Waals surface area contributed by atoms with Crippen LogP contribution in [0.4, 0.5) is 5.69 Å². The average Bonchev–Trinajstić information content (AvgIpc) is 3.30. The highest BCUT2D eigenvalue weighted by molar-refractivity contribution is 5.95. The van der Waals surface area contributed by atoms with Gasteiger partial charge in [0.15, 0.2) is 5.69 Å². The van der Waals surface area contributed by atoms with E-state index in [0.717, 1.165) is 56.5 Å². The highest BCUT2D eigenvalue weighted by Gasteiger charge is 2.60. The van der Waals surface area contributed by atoms with Gasteiger partial charge < -0.3 is 19.8 Å². The van der Waals surface area contributed by atoms with Gasteiger partial charge in [-0.3, -0.25) is 14.3 Å². The number of aliphatic hydroxyl groups is 1. The Kier molecular flexibility index (Phi) is 5.29. The van der Waals surface area contributed by atoms with Crippen molar-refractivity contribution in [3.8, 4) is 0 Å². The summed E-state index contributed by atoms with van der Waals surface area (Å²) in [6.45, 7) is 10.8. The summed E-state index contributed by atoms with van der Waals surface area (Å²) in [5.74, 6) is 0.511. The van der Waals surface area contributed by atoms with Gasteiger partial charge in [-0.25, -0.2) is 0 Å². The summed E-state index contributed by atoms with van der Waals surface area (Å²) in [6.07, 6.45) is 4.66. The van der Waals surface area contributed by atoms with Crippen molar-refractivity contribution >= 4 is 17.5 Å². The Morgan fingerprint density at radius 2 is 1.84 bits per heavy atom. The highest BCUT2D eigenvalue weighted by atomic mass is 16.3. The average molecular weight is 518 g/mol. The first kappa shape index (κ1) is 24.2. The number of rotatable bonds is 5. The molecule has 3 aliphatic heterocycles. The molecule has 2 amide bonds. The van der Waals surface area contributed by atoms with E-state index in [1.165, 1.54) is 16.8 Å². The van der Waals surface area contributed by atoms with Crippen LogP contribution >= 0.6 is 0 Å². The topological polar surface area (TPSA) is 81.9 Å². The Hall–Kier alpha value is -2.87. The number of benzene rings is 1. The van der Waals surface area contributed by atoms with Crippen LogP contribution in [0.2, 0.25) is 0 Å². The van der Waals surface area contributed by atoms with Crippen LogP contribution in [0.25, 0.3) is 0 Å². The first-order valence-corrected chi connectivity index (χ1v) is 14.3. The van der Waals surface area contributed by atoms with Crippen LogP contribution in [-0.2, 0) is 17.8 Å². The number of aryl methyl sites for hydroxylation is 1. The fraction of sp³-hybridized carbons (Fsp3) is 0.633. The van der Waals surface area contributed by atoms with E-state index in [4.69, 9.17) is 5.10 Å². The zero-order chi connectivity index (χ0) is 26.4. The number of carbonyl (C=O) groups is 2. The van der Waals surface area contributed by atoms with E-state index in [0.29, 0.717) is 31.2 Å². The number of piperazine rings is 1. The molecule has 1 unspecified atom stereocenters. The Balaban J connectivity index is 1.07. The number of aliphatic hydroxyl groups excluding tert-OH is 1. The molecule has 4 heterocycles. The molecular formula is C30H39N5O3. The van der Waals surface area contributed by atoms with Gasteiger partial charge in [-0.05, 0) is 79.9 Å². The minimum Gasteiger partial charge on any atom is -0.396 e. The van der Waals surface area contributed by atoms with E-state index in [-0.39, 0.29) is 41.8 Å². The van der Waals surface area contributed by atoms with Crippen LogP contribution < -0.4 is 4.90 Å². The number of fused-ring (bicyclic) bond motifs is 5. The molecule has 2 aromatic rings. The molecular weight excluding hydrogens is 478 g/mol. The second-order valence-electron chi connectivity index (χ2n) is 13.0. The van der Waals surface area contributed by atoms with Crippen molar-refractivity contribution in [1.82, 2.24) is 19.6 Å². The number of piperidine rings is 2. The third kappa shape index (κ3) is 3.55. The van der Waals surface area contributed by atoms with E-state index in [1.54, 1.807) is 0 Å². The quantitative estimate of drug-likeness (QED) is 0.660. The molecule has 2 atom stereocenters. The van der Waals surface area contributed by atoms with Crippen LogP contribution in [-0.4, -0.2) is 81.9 Å². The Morgan fingerprint density at radius 3 is 2.53 bits per heavy atom. The van der Waals surface area contributed by atoms with Crippen LogP contribution in [0.15, 0.2) is 18.2 Å². The van der Waals surface area contributed by atoms with Gasteiger partial charge in [0, 0.05) is 62.3 Å². The van der Waals surface area contributed by atoms with Gasteiger partial charge in [0.05, 0.1) is 0 Å². The highest BCUT2D eigenvalue weighted by Crippen LogP contribution is 2.67. The molecule has 3 aliphatic carbocycles. The van der Waals surface area contributed by atoms with Gasteiger partial charge in [0.25, 0.3) is 5.91 Å². The molecule has 202 valence electrons. The summed E-state index contributed by atoms with van der Waals surface area (Å²) < 4.78 is 1.86. The summed E-state index contributed by atoms with van der Waals surface area (Å²) in [4.78, 5) is 33.5. The largest absolute Gasteiger partial charge is 0.396 e. The third-order valence-electron chi connectivity index (χ3n) is 10.7. The SMILES string of the molecule is Cc1cccc(N2CCN(C(=O)Cn3nc(C(=O)N4CCC5(CO)CC4C5)c4c3CC3(C)C[C@@H]43)CC2)c1C. The Morgan fingerprint density at radius 1 is 1.08 bits per heavy atom. The lowest BCUT2D eigenvalue weighted by molar-refractivity contribution is -0.132. The minimum absolute atomic E-state index is 0.0296. The maximum atomic E-state index is 13.8. The molecule has 38 heavy (non-hydrogen) atoms. The van der Waals surface area contributed by atoms with Crippen LogP contribution in [0, 0.1) is 24.7 Å². The molecule has 8 heteroatoms. The second kappa shape index (κ2) is 8.31. The summed E-state index contributed by atoms with van der Waals surface area (Å²) in [5.41, 5.74) is 6.91. The molecule has 8 rings (SSSR count). The van der Waals surface area contributed by atoms with E-state index < -0.39 is 0 Å². The van der Waals surface area contributed by atoms with E-state index in [9.17, 15) is 14.7 Å². The third-order valence-corrected chi connectivity index (χ3v) is 10.7. The lowest BCUT2D eigenvalue weighted by Gasteiger charge is -2.56. The number of aromatic nitrogens is 2. The van der Waals surface area contributed by atoms with Gasteiger partial charge in [-0.2, -0.15) is 5.10 Å². The Labute approximate surface area is 224 Å². The van der Waals surface area contributed by atoms with Gasteiger partial charge in [-0.15, -0.1) is 0 Å². The normalized spacial score (nSPS) is 31.1. The Bertz CT molecular complexity index is 1310. The number of hydrogen-bond acceptors (Lipinski definition) is 5. The molecule has 1 aromatic carbocycles. The predicted molar refractivity (Wildman–Crippen MR) is 144 cm³/mol. The van der Waals surface area contributed by atoms with E-state index in [1.807, 2.05) is 14.5 Å². The fourth-order valence-corrected chi connectivity index (χ4v) is 7.81. The molecule has 5 fully saturated rings. The van der Waals surface area contributed by atoms with Gasteiger partial charge in [0.1, 0.15) is 6.54 Å². The van der Waals surface area contributed by atoms with Gasteiger partial charge >= 0.3 is 0 Å². The van der Waals surface area contributed by atoms with Gasteiger partial charge in [0.2, 0.25) is 5.91 Å². The van der Waals surface area contributed by atoms with Crippen molar-refractivity contribution < 1.29 is 14.7 Å². The van der Waals surface area contributed by atoms with Crippen molar-refractivity contribution in [2.75, 3.05) is 44.2 Å². The standard InChI is InChI=1S/C30H39N5O3/c1-19-5-4-6-23(20(19)2)32-9-11-33(12-10-32)25(37)17-35-24-16-29(3)15-22(29)26(24)27(31-35)28(38)34-8-7-30(18-36)13-21(34)14-30/h4-6,21-22,36H,7-18H2,1-3H3/t21?,22-,29?,30?/m0/s1. The number of anilines is 1. The first-order valence-electron chi connectivity index (χ1n) is 14.3.